The van der Waals surface area contributed by atoms with Crippen LogP contribution in [0.3, 0.4) is 0 Å². The van der Waals surface area contributed by atoms with Gasteiger partial charge >= 0.3 is 0 Å². The molecular formula is C20H19ClN4O3. The number of nitrogens with one attached hydrogen (secondary N) is 2. The first-order chi connectivity index (χ1) is 13.5. The summed E-state index contributed by atoms with van der Waals surface area (Å²) in [6.45, 7) is 1.88. The lowest BCUT2D eigenvalue weighted by Crippen LogP contribution is -2.14. The fourth-order valence-corrected chi connectivity index (χ4v) is 2.80. The van der Waals surface area contributed by atoms with E-state index in [1.807, 2.05) is 25.1 Å². The van der Waals surface area contributed by atoms with Gasteiger partial charge < -0.3 is 20.1 Å². The highest BCUT2D eigenvalue weighted by Crippen LogP contribution is 2.37. The van der Waals surface area contributed by atoms with Crippen molar-refractivity contribution in [3.05, 3.63) is 64.7 Å². The highest BCUT2D eigenvalue weighted by Gasteiger charge is 2.12. The number of methoxy groups -OCH3 is 2. The van der Waals surface area contributed by atoms with Crippen molar-refractivity contribution in [1.29, 1.82) is 0 Å². The van der Waals surface area contributed by atoms with Crippen LogP contribution in [0.15, 0.2) is 48.5 Å². The summed E-state index contributed by atoms with van der Waals surface area (Å²) in [5.41, 5.74) is 2.09. The number of aryl methyl sites for hydroxylation is 1. The van der Waals surface area contributed by atoms with Gasteiger partial charge in [0.1, 0.15) is 11.5 Å². The molecule has 0 aliphatic rings. The molecule has 28 heavy (non-hydrogen) atoms. The number of amides is 1. The van der Waals surface area contributed by atoms with E-state index in [2.05, 4.69) is 20.8 Å². The molecule has 2 N–H and O–H groups in total. The maximum atomic E-state index is 12.4. The van der Waals surface area contributed by atoms with Crippen molar-refractivity contribution in [1.82, 2.24) is 10.2 Å². The molecule has 2 aromatic carbocycles. The second-order valence-electron chi connectivity index (χ2n) is 5.88. The average molecular weight is 399 g/mol. The van der Waals surface area contributed by atoms with Gasteiger partial charge in [-0.2, -0.15) is 0 Å². The lowest BCUT2D eigenvalue weighted by atomic mass is 10.1. The Morgan fingerprint density at radius 1 is 0.964 bits per heavy atom. The van der Waals surface area contributed by atoms with E-state index in [4.69, 9.17) is 21.1 Å². The van der Waals surface area contributed by atoms with Crippen LogP contribution in [0.5, 0.6) is 11.5 Å². The SMILES string of the molecule is COc1cc(Nc2ccc(NC(=O)c3ccccc3C)nn2)c(OC)cc1Cl. The largest absolute Gasteiger partial charge is 0.495 e. The lowest BCUT2D eigenvalue weighted by Gasteiger charge is -2.13. The molecule has 3 rings (SSSR count). The molecular weight excluding hydrogens is 380 g/mol. The zero-order chi connectivity index (χ0) is 20.1. The molecule has 0 spiro atoms. The van der Waals surface area contributed by atoms with Gasteiger partial charge in [0.25, 0.3) is 5.91 Å². The van der Waals surface area contributed by atoms with Crippen LogP contribution in [0.4, 0.5) is 17.3 Å². The molecule has 144 valence electrons. The van der Waals surface area contributed by atoms with Crippen LogP contribution in [0, 0.1) is 6.92 Å². The first-order valence-corrected chi connectivity index (χ1v) is 8.79. The van der Waals surface area contributed by atoms with Crippen molar-refractivity contribution in [3.8, 4) is 11.5 Å². The van der Waals surface area contributed by atoms with E-state index in [0.29, 0.717) is 39.4 Å². The molecule has 3 aromatic rings. The molecule has 0 saturated carbocycles. The maximum absolute atomic E-state index is 12.4. The standard InChI is InChI=1S/C20H19ClN4O3/c1-12-6-4-5-7-13(12)20(26)23-19-9-8-18(24-25-19)22-15-11-16(27-2)14(21)10-17(15)28-3/h4-11H,1-3H3,(H,22,24)(H,23,25,26). The normalized spacial score (nSPS) is 10.3. The maximum Gasteiger partial charge on any atom is 0.257 e. The molecule has 0 radical (unpaired) electrons. The predicted molar refractivity (Wildman–Crippen MR) is 109 cm³/mol. The van der Waals surface area contributed by atoms with Gasteiger partial charge in [0.05, 0.1) is 24.9 Å². The van der Waals surface area contributed by atoms with Gasteiger partial charge in [-0.25, -0.2) is 0 Å². The van der Waals surface area contributed by atoms with Gasteiger partial charge in [-0.1, -0.05) is 29.8 Å². The van der Waals surface area contributed by atoms with Crippen LogP contribution < -0.4 is 20.1 Å². The third-order valence-corrected chi connectivity index (χ3v) is 4.33. The van der Waals surface area contributed by atoms with Gasteiger partial charge in [0, 0.05) is 17.7 Å². The first-order valence-electron chi connectivity index (χ1n) is 8.41. The average Bonchev–Trinajstić information content (AvgIpc) is 2.70. The van der Waals surface area contributed by atoms with Gasteiger partial charge in [-0.3, -0.25) is 4.79 Å². The topological polar surface area (TPSA) is 85.4 Å². The van der Waals surface area contributed by atoms with Crippen LogP contribution in [0.1, 0.15) is 15.9 Å². The van der Waals surface area contributed by atoms with E-state index in [1.54, 1.807) is 37.4 Å². The fourth-order valence-electron chi connectivity index (χ4n) is 2.57. The summed E-state index contributed by atoms with van der Waals surface area (Å²) in [6.07, 6.45) is 0. The summed E-state index contributed by atoms with van der Waals surface area (Å²) in [5.74, 6) is 1.61. The van der Waals surface area contributed by atoms with Crippen LogP contribution in [0.2, 0.25) is 5.02 Å². The number of hydrogen-bond acceptors (Lipinski definition) is 6. The molecule has 0 atom stereocenters. The minimum absolute atomic E-state index is 0.239. The van der Waals surface area contributed by atoms with Gasteiger partial charge in [-0.15, -0.1) is 10.2 Å². The second-order valence-corrected chi connectivity index (χ2v) is 6.29. The number of aromatic nitrogens is 2. The molecule has 0 saturated heterocycles. The summed E-state index contributed by atoms with van der Waals surface area (Å²) >= 11 is 6.11. The van der Waals surface area contributed by atoms with Crippen molar-refractivity contribution in [2.24, 2.45) is 0 Å². The first kappa shape index (κ1) is 19.4. The Bertz CT molecular complexity index is 993. The van der Waals surface area contributed by atoms with Crippen molar-refractivity contribution in [3.63, 3.8) is 0 Å². The van der Waals surface area contributed by atoms with E-state index in [1.165, 1.54) is 7.11 Å². The zero-order valence-corrected chi connectivity index (χ0v) is 16.4. The molecule has 0 aliphatic carbocycles. The number of benzene rings is 2. The van der Waals surface area contributed by atoms with E-state index < -0.39 is 0 Å². The molecule has 1 amide bonds. The molecule has 0 bridgehead atoms. The monoisotopic (exact) mass is 398 g/mol. The highest BCUT2D eigenvalue weighted by atomic mass is 35.5. The number of ether oxygens (including phenoxy) is 2. The van der Waals surface area contributed by atoms with Crippen molar-refractivity contribution in [2.75, 3.05) is 24.9 Å². The number of halogens is 1. The van der Waals surface area contributed by atoms with Crippen LogP contribution in [-0.2, 0) is 0 Å². The summed E-state index contributed by atoms with van der Waals surface area (Å²) in [5, 5.41) is 14.4. The minimum atomic E-state index is -0.239. The molecule has 1 aromatic heterocycles. The Labute approximate surface area is 167 Å². The summed E-state index contributed by atoms with van der Waals surface area (Å²) in [4.78, 5) is 12.4. The second kappa shape index (κ2) is 8.58. The number of nitrogens with zero attached hydrogens (tertiary/aromatic N) is 2. The molecule has 0 fully saturated rings. The van der Waals surface area contributed by atoms with Crippen molar-refractivity contribution >= 4 is 34.8 Å². The summed E-state index contributed by atoms with van der Waals surface area (Å²) < 4.78 is 10.6. The van der Waals surface area contributed by atoms with E-state index in [0.717, 1.165) is 5.56 Å². The van der Waals surface area contributed by atoms with Crippen LogP contribution in [-0.4, -0.2) is 30.3 Å². The number of hydrogen-bond donors (Lipinski definition) is 2. The zero-order valence-electron chi connectivity index (χ0n) is 15.6. The fraction of sp³-hybridized carbons (Fsp3) is 0.150. The smallest absolute Gasteiger partial charge is 0.257 e. The highest BCUT2D eigenvalue weighted by molar-refractivity contribution is 6.32. The van der Waals surface area contributed by atoms with Crippen molar-refractivity contribution < 1.29 is 14.3 Å². The molecule has 7 nitrogen and oxygen atoms in total. The number of rotatable bonds is 6. The minimum Gasteiger partial charge on any atom is -0.495 e. The van der Waals surface area contributed by atoms with Crippen LogP contribution >= 0.6 is 11.6 Å². The van der Waals surface area contributed by atoms with E-state index >= 15 is 0 Å². The Balaban J connectivity index is 1.75. The third kappa shape index (κ3) is 4.32. The number of carbonyl (C=O) groups excluding carboxylic acids is 1. The Kier molecular flexibility index (Phi) is 5.96. The number of carbonyl (C=O) groups is 1. The number of anilines is 3. The lowest BCUT2D eigenvalue weighted by molar-refractivity contribution is 0.102. The van der Waals surface area contributed by atoms with E-state index in [-0.39, 0.29) is 5.91 Å². The van der Waals surface area contributed by atoms with Gasteiger partial charge in [0.2, 0.25) is 0 Å². The Morgan fingerprint density at radius 3 is 2.29 bits per heavy atom. The quantitative estimate of drug-likeness (QED) is 0.638. The third-order valence-electron chi connectivity index (χ3n) is 4.03. The molecule has 0 unspecified atom stereocenters. The van der Waals surface area contributed by atoms with Crippen LogP contribution in [0.25, 0.3) is 0 Å². The van der Waals surface area contributed by atoms with E-state index in [9.17, 15) is 4.79 Å². The van der Waals surface area contributed by atoms with Crippen molar-refractivity contribution in [2.45, 2.75) is 6.92 Å². The summed E-state index contributed by atoms with van der Waals surface area (Å²) in [6, 6.07) is 14.0. The molecule has 8 heteroatoms. The summed E-state index contributed by atoms with van der Waals surface area (Å²) in [7, 11) is 3.07. The van der Waals surface area contributed by atoms with Gasteiger partial charge in [0.15, 0.2) is 11.6 Å². The predicted octanol–water partition coefficient (Wildman–Crippen LogP) is 4.45. The molecule has 0 aliphatic heterocycles. The Hall–Kier alpha value is -3.32. The molecule has 1 heterocycles. The Morgan fingerprint density at radius 2 is 1.64 bits per heavy atom. The van der Waals surface area contributed by atoms with Gasteiger partial charge in [-0.05, 0) is 30.7 Å².